The summed E-state index contributed by atoms with van der Waals surface area (Å²) in [5, 5.41) is 4.04. The van der Waals surface area contributed by atoms with Gasteiger partial charge in [-0.3, -0.25) is 0 Å². The molecule has 5 heteroatoms. The zero-order valence-electron chi connectivity index (χ0n) is 11.6. The van der Waals surface area contributed by atoms with Crippen molar-refractivity contribution in [3.8, 4) is 5.75 Å². The van der Waals surface area contributed by atoms with Crippen LogP contribution in [0, 0.1) is 0 Å². The van der Waals surface area contributed by atoms with Crippen molar-refractivity contribution in [2.24, 2.45) is 5.73 Å². The molecule has 1 heterocycles. The van der Waals surface area contributed by atoms with Gasteiger partial charge in [0.1, 0.15) is 5.75 Å². The quantitative estimate of drug-likeness (QED) is 0.927. The second kappa shape index (κ2) is 5.25. The van der Waals surface area contributed by atoms with Crippen LogP contribution in [0.15, 0.2) is 34.9 Å². The third kappa shape index (κ3) is 2.54. The molecule has 20 heavy (non-hydrogen) atoms. The molecular weight excluding hydrogens is 254 g/mol. The van der Waals surface area contributed by atoms with E-state index in [1.807, 2.05) is 37.3 Å². The molecule has 1 saturated carbocycles. The molecule has 0 saturated heterocycles. The van der Waals surface area contributed by atoms with Gasteiger partial charge in [-0.1, -0.05) is 36.2 Å². The molecule has 1 aliphatic rings. The van der Waals surface area contributed by atoms with Crippen LogP contribution in [-0.2, 0) is 5.54 Å². The van der Waals surface area contributed by atoms with Gasteiger partial charge in [0, 0.05) is 0 Å². The number of ether oxygens (including phenoxy) is 1. The summed E-state index contributed by atoms with van der Waals surface area (Å²) in [5.74, 6) is 1.86. The highest BCUT2D eigenvalue weighted by atomic mass is 16.5. The minimum absolute atomic E-state index is 0.288. The van der Waals surface area contributed by atoms with Crippen LogP contribution in [0.4, 0.5) is 0 Å². The van der Waals surface area contributed by atoms with Crippen LogP contribution in [0.2, 0.25) is 0 Å². The minimum Gasteiger partial charge on any atom is -0.481 e. The first-order valence-electron chi connectivity index (χ1n) is 7.02. The van der Waals surface area contributed by atoms with Gasteiger partial charge < -0.3 is 15.0 Å². The smallest absolute Gasteiger partial charge is 0.267 e. The Morgan fingerprint density at radius 1 is 1.25 bits per heavy atom. The zero-order chi connectivity index (χ0) is 14.0. The lowest BCUT2D eigenvalue weighted by Crippen LogP contribution is -2.34. The van der Waals surface area contributed by atoms with E-state index >= 15 is 0 Å². The summed E-state index contributed by atoms with van der Waals surface area (Å²) in [6.07, 6.45) is 3.79. The molecule has 106 valence electrons. The summed E-state index contributed by atoms with van der Waals surface area (Å²) in [5.41, 5.74) is 5.90. The highest BCUT2D eigenvalue weighted by molar-refractivity contribution is 5.21. The van der Waals surface area contributed by atoms with Gasteiger partial charge >= 0.3 is 0 Å². The number of hydrogen-bond donors (Lipinski definition) is 1. The lowest BCUT2D eigenvalue weighted by atomic mass is 9.99. The average molecular weight is 273 g/mol. The lowest BCUT2D eigenvalue weighted by Gasteiger charge is -2.17. The van der Waals surface area contributed by atoms with E-state index in [1.165, 1.54) is 0 Å². The number of nitrogens with zero attached hydrogens (tertiary/aromatic N) is 2. The van der Waals surface area contributed by atoms with Crippen LogP contribution in [0.5, 0.6) is 5.75 Å². The topological polar surface area (TPSA) is 74.2 Å². The van der Waals surface area contributed by atoms with Gasteiger partial charge in [0.25, 0.3) is 5.89 Å². The molecular formula is C15H19N3O2. The second-order valence-corrected chi connectivity index (χ2v) is 5.39. The summed E-state index contributed by atoms with van der Waals surface area (Å²) in [6, 6.07) is 9.59. The Hall–Kier alpha value is -1.88. The molecule has 1 aromatic carbocycles. The fourth-order valence-corrected chi connectivity index (χ4v) is 2.59. The molecule has 1 aromatic heterocycles. The van der Waals surface area contributed by atoms with Crippen LogP contribution in [-0.4, -0.2) is 10.1 Å². The zero-order valence-corrected chi connectivity index (χ0v) is 11.6. The van der Waals surface area contributed by atoms with Crippen molar-refractivity contribution >= 4 is 0 Å². The second-order valence-electron chi connectivity index (χ2n) is 5.39. The normalized spacial score (nSPS) is 18.9. The molecule has 1 fully saturated rings. The standard InChI is InChI=1S/C15H19N3O2/c1-11(19-12-7-3-2-4-8-12)13-17-14(18-20-13)15(16)9-5-6-10-15/h2-4,7-8,11H,5-6,9-10,16H2,1H3. The van der Waals surface area contributed by atoms with Crippen molar-refractivity contribution < 1.29 is 9.26 Å². The predicted octanol–water partition coefficient (Wildman–Crippen LogP) is 2.94. The molecule has 0 spiro atoms. The highest BCUT2D eigenvalue weighted by Gasteiger charge is 2.36. The van der Waals surface area contributed by atoms with Gasteiger partial charge in [0.15, 0.2) is 11.9 Å². The Labute approximate surface area is 118 Å². The average Bonchev–Trinajstić information content (AvgIpc) is 3.09. The molecule has 0 bridgehead atoms. The number of rotatable bonds is 4. The summed E-state index contributed by atoms with van der Waals surface area (Å²) in [7, 11) is 0. The van der Waals surface area contributed by atoms with Crippen molar-refractivity contribution in [1.82, 2.24) is 10.1 Å². The highest BCUT2D eigenvalue weighted by Crippen LogP contribution is 2.35. The summed E-state index contributed by atoms with van der Waals surface area (Å²) in [4.78, 5) is 4.43. The molecule has 1 aliphatic carbocycles. The number of aromatic nitrogens is 2. The maximum Gasteiger partial charge on any atom is 0.267 e. The first-order chi connectivity index (χ1) is 9.67. The Morgan fingerprint density at radius 3 is 2.65 bits per heavy atom. The molecule has 0 radical (unpaired) electrons. The fourth-order valence-electron chi connectivity index (χ4n) is 2.59. The third-order valence-electron chi connectivity index (χ3n) is 3.79. The van der Waals surface area contributed by atoms with Crippen molar-refractivity contribution in [2.45, 2.75) is 44.2 Å². The van der Waals surface area contributed by atoms with E-state index in [9.17, 15) is 0 Å². The van der Waals surface area contributed by atoms with Crippen LogP contribution < -0.4 is 10.5 Å². The number of benzene rings is 1. The van der Waals surface area contributed by atoms with Crippen molar-refractivity contribution in [2.75, 3.05) is 0 Å². The summed E-state index contributed by atoms with van der Waals surface area (Å²) < 4.78 is 11.1. The molecule has 2 aromatic rings. The van der Waals surface area contributed by atoms with Crippen LogP contribution in [0.25, 0.3) is 0 Å². The maximum absolute atomic E-state index is 6.32. The Kier molecular flexibility index (Phi) is 3.44. The van der Waals surface area contributed by atoms with Gasteiger partial charge in [-0.2, -0.15) is 4.98 Å². The Morgan fingerprint density at radius 2 is 1.95 bits per heavy atom. The fraction of sp³-hybridized carbons (Fsp3) is 0.467. The number of hydrogen-bond acceptors (Lipinski definition) is 5. The molecule has 2 N–H and O–H groups in total. The molecule has 0 amide bonds. The van der Waals surface area contributed by atoms with Crippen molar-refractivity contribution in [3.63, 3.8) is 0 Å². The summed E-state index contributed by atoms with van der Waals surface area (Å²) in [6.45, 7) is 1.89. The van der Waals surface area contributed by atoms with E-state index in [2.05, 4.69) is 10.1 Å². The first-order valence-corrected chi connectivity index (χ1v) is 7.02. The first kappa shape index (κ1) is 13.1. The van der Waals surface area contributed by atoms with Crippen LogP contribution in [0.1, 0.15) is 50.4 Å². The maximum atomic E-state index is 6.32. The van der Waals surface area contributed by atoms with Crippen molar-refractivity contribution in [1.29, 1.82) is 0 Å². The lowest BCUT2D eigenvalue weighted by molar-refractivity contribution is 0.175. The molecule has 5 nitrogen and oxygen atoms in total. The molecule has 0 aliphatic heterocycles. The SMILES string of the molecule is CC(Oc1ccccc1)c1nc(C2(N)CCCC2)no1. The third-order valence-corrected chi connectivity index (χ3v) is 3.79. The monoisotopic (exact) mass is 273 g/mol. The van der Waals surface area contributed by atoms with Crippen LogP contribution in [0.3, 0.4) is 0 Å². The Bertz CT molecular complexity index is 562. The number of para-hydroxylation sites is 1. The van der Waals surface area contributed by atoms with Crippen molar-refractivity contribution in [3.05, 3.63) is 42.0 Å². The summed E-state index contributed by atoms with van der Waals surface area (Å²) >= 11 is 0. The minimum atomic E-state index is -0.422. The van der Waals surface area contributed by atoms with E-state index in [-0.39, 0.29) is 6.10 Å². The van der Waals surface area contributed by atoms with Gasteiger partial charge in [0.05, 0.1) is 5.54 Å². The van der Waals surface area contributed by atoms with E-state index in [0.717, 1.165) is 31.4 Å². The number of nitrogens with two attached hydrogens (primary N) is 1. The van der Waals surface area contributed by atoms with Crippen LogP contribution >= 0.6 is 0 Å². The van der Waals surface area contributed by atoms with E-state index in [0.29, 0.717) is 11.7 Å². The van der Waals surface area contributed by atoms with Gasteiger partial charge in [0.2, 0.25) is 0 Å². The van der Waals surface area contributed by atoms with Gasteiger partial charge in [-0.05, 0) is 31.9 Å². The van der Waals surface area contributed by atoms with E-state index < -0.39 is 5.54 Å². The molecule has 1 atom stereocenters. The van der Waals surface area contributed by atoms with Gasteiger partial charge in [-0.25, -0.2) is 0 Å². The van der Waals surface area contributed by atoms with E-state index in [1.54, 1.807) is 0 Å². The van der Waals surface area contributed by atoms with E-state index in [4.69, 9.17) is 15.0 Å². The molecule has 1 unspecified atom stereocenters. The largest absolute Gasteiger partial charge is 0.481 e. The molecule has 3 rings (SSSR count). The van der Waals surface area contributed by atoms with Gasteiger partial charge in [-0.15, -0.1) is 0 Å². The Balaban J connectivity index is 1.73. The predicted molar refractivity (Wildman–Crippen MR) is 74.1 cm³/mol.